The van der Waals surface area contributed by atoms with Crippen LogP contribution >= 0.6 is 0 Å². The lowest BCUT2D eigenvalue weighted by molar-refractivity contribution is 0.867. The lowest BCUT2D eigenvalue weighted by Crippen LogP contribution is -2.32. The Bertz CT molecular complexity index is 1630. The van der Waals surface area contributed by atoms with Gasteiger partial charge in [-0.05, 0) is 90.7 Å². The number of rotatable bonds is 10. The fourth-order valence-electron chi connectivity index (χ4n) is 7.84. The van der Waals surface area contributed by atoms with Crippen molar-refractivity contribution in [3.8, 4) is 22.3 Å². The second-order valence-electron chi connectivity index (χ2n) is 14.3. The maximum atomic E-state index is 2.64. The molecule has 0 nitrogen and oxygen atoms in total. The monoisotopic (exact) mass is 606 g/mol. The van der Waals surface area contributed by atoms with Crippen molar-refractivity contribution in [2.24, 2.45) is 0 Å². The second kappa shape index (κ2) is 12.8. The number of benzene rings is 4. The van der Waals surface area contributed by atoms with Gasteiger partial charge in [0.15, 0.2) is 0 Å². The van der Waals surface area contributed by atoms with Gasteiger partial charge in [-0.3, -0.25) is 0 Å². The molecule has 0 heterocycles. The average Bonchev–Trinajstić information content (AvgIpc) is 3.60. The summed E-state index contributed by atoms with van der Waals surface area (Å²) in [6.07, 6.45) is 9.62. The minimum atomic E-state index is -2.23. The lowest BCUT2D eigenvalue weighted by atomic mass is 9.94. The van der Waals surface area contributed by atoms with E-state index in [0.29, 0.717) is 11.8 Å². The highest BCUT2D eigenvalue weighted by Gasteiger charge is 2.43. The van der Waals surface area contributed by atoms with Gasteiger partial charge < -0.3 is 0 Å². The van der Waals surface area contributed by atoms with Crippen LogP contribution in [0.15, 0.2) is 96.1 Å². The first-order valence-electron chi connectivity index (χ1n) is 17.3. The lowest BCUT2D eigenvalue weighted by Gasteiger charge is -2.33. The van der Waals surface area contributed by atoms with Gasteiger partial charge in [-0.1, -0.05) is 164 Å². The molecule has 0 spiro atoms. The van der Waals surface area contributed by atoms with Crippen molar-refractivity contribution in [2.75, 3.05) is 0 Å². The predicted octanol–water partition coefficient (Wildman–Crippen LogP) is 13.0. The number of fused-ring (bicyclic) bond motifs is 2. The normalized spacial score (nSPS) is 14.6. The molecule has 6 rings (SSSR count). The Morgan fingerprint density at radius 2 is 0.889 bits per heavy atom. The molecule has 4 aromatic rings. The van der Waals surface area contributed by atoms with Crippen LogP contribution in [0.25, 0.3) is 32.6 Å². The Morgan fingerprint density at radius 3 is 1.22 bits per heavy atom. The molecule has 0 bridgehead atoms. The molecule has 0 atom stereocenters. The van der Waals surface area contributed by atoms with Gasteiger partial charge in [0, 0.05) is 12.8 Å². The first kappa shape index (κ1) is 31.6. The van der Waals surface area contributed by atoms with Crippen molar-refractivity contribution in [1.82, 2.24) is 0 Å². The van der Waals surface area contributed by atoms with Crippen molar-refractivity contribution >= 4 is 18.5 Å². The highest BCUT2D eigenvalue weighted by molar-refractivity contribution is 7.09. The third kappa shape index (κ3) is 5.74. The smallest absolute Gasteiger partial charge is 0.0651 e. The van der Waals surface area contributed by atoms with E-state index in [-0.39, 0.29) is 0 Å². The maximum Gasteiger partial charge on any atom is 0.113 e. The Hall–Kier alpha value is -3.42. The summed E-state index contributed by atoms with van der Waals surface area (Å²) in [5.41, 5.74) is 17.1. The van der Waals surface area contributed by atoms with E-state index in [1.54, 1.807) is 21.5 Å². The summed E-state index contributed by atoms with van der Waals surface area (Å²) in [6.45, 7) is 19.1. The number of hydrogen-bond acceptors (Lipinski definition) is 0. The number of allylic oxidation sites excluding steroid dienone is 2. The van der Waals surface area contributed by atoms with E-state index in [9.17, 15) is 0 Å². The molecule has 45 heavy (non-hydrogen) atoms. The summed E-state index contributed by atoms with van der Waals surface area (Å²) in [4.78, 5) is 0. The topological polar surface area (TPSA) is 0 Å². The summed E-state index contributed by atoms with van der Waals surface area (Å²) >= 11 is 0. The van der Waals surface area contributed by atoms with Gasteiger partial charge in [0.05, 0.1) is 0 Å². The van der Waals surface area contributed by atoms with Crippen LogP contribution in [0.2, 0.25) is 13.1 Å². The largest absolute Gasteiger partial charge is 0.113 e. The first-order valence-corrected chi connectivity index (χ1v) is 20.3. The Kier molecular flexibility index (Phi) is 8.95. The van der Waals surface area contributed by atoms with E-state index >= 15 is 0 Å². The molecule has 0 fully saturated rings. The minimum absolute atomic E-state index is 0.533. The zero-order valence-corrected chi connectivity index (χ0v) is 29.7. The molecule has 2 aliphatic carbocycles. The third-order valence-electron chi connectivity index (χ3n) is 10.1. The molecular weight excluding hydrogens is 557 g/mol. The minimum Gasteiger partial charge on any atom is -0.0651 e. The van der Waals surface area contributed by atoms with E-state index in [4.69, 9.17) is 0 Å². The standard InChI is InChI=1S/C44H50Si/c1-9-13-37-27-35-15-11-17-39(33-23-19-31(20-24-33)29(3)4)41(35)43(37)45(7,8)44-38(14-10-2)28-36-16-12-18-40(42(36)44)34-25-21-32(22-26-34)30(5)6/h11-12,15-30H,9-10,13-14H2,1-8H3. The van der Waals surface area contributed by atoms with Gasteiger partial charge in [0.2, 0.25) is 0 Å². The second-order valence-corrected chi connectivity index (χ2v) is 18.6. The van der Waals surface area contributed by atoms with E-state index in [1.807, 2.05) is 0 Å². The van der Waals surface area contributed by atoms with Crippen molar-refractivity contribution in [3.63, 3.8) is 0 Å². The average molecular weight is 607 g/mol. The molecule has 2 aliphatic rings. The third-order valence-corrected chi connectivity index (χ3v) is 13.7. The van der Waals surface area contributed by atoms with Crippen LogP contribution < -0.4 is 0 Å². The molecule has 0 saturated carbocycles. The summed E-state index contributed by atoms with van der Waals surface area (Å²) in [7, 11) is -2.23. The van der Waals surface area contributed by atoms with Crippen LogP contribution in [-0.2, 0) is 0 Å². The quantitative estimate of drug-likeness (QED) is 0.158. The molecule has 1 heteroatoms. The highest BCUT2D eigenvalue weighted by atomic mass is 28.3. The zero-order chi connectivity index (χ0) is 31.9. The Balaban J connectivity index is 1.55. The fraction of sp³-hybridized carbons (Fsp3) is 0.318. The van der Waals surface area contributed by atoms with Gasteiger partial charge in [-0.25, -0.2) is 0 Å². The molecule has 2 radical (unpaired) electrons. The molecule has 230 valence electrons. The van der Waals surface area contributed by atoms with Crippen LogP contribution in [-0.4, -0.2) is 8.07 Å². The molecule has 4 aromatic carbocycles. The summed E-state index contributed by atoms with van der Waals surface area (Å²) in [5.74, 6) is 1.07. The number of hydrogen-bond donors (Lipinski definition) is 0. The van der Waals surface area contributed by atoms with E-state index in [0.717, 1.165) is 25.7 Å². The molecule has 0 unspecified atom stereocenters. The van der Waals surface area contributed by atoms with Crippen LogP contribution in [0, 0.1) is 12.8 Å². The van der Waals surface area contributed by atoms with Crippen LogP contribution in [0.5, 0.6) is 0 Å². The fourth-order valence-corrected chi connectivity index (χ4v) is 11.9. The van der Waals surface area contributed by atoms with Crippen molar-refractivity contribution in [3.05, 3.63) is 142 Å². The first-order chi connectivity index (χ1) is 21.6. The van der Waals surface area contributed by atoms with Crippen LogP contribution in [0.1, 0.15) is 112 Å². The molecule has 0 amide bonds. The van der Waals surface area contributed by atoms with E-state index in [1.165, 1.54) is 55.6 Å². The van der Waals surface area contributed by atoms with Crippen molar-refractivity contribution in [2.45, 2.75) is 92.2 Å². The van der Waals surface area contributed by atoms with Gasteiger partial charge in [-0.15, -0.1) is 0 Å². The zero-order valence-electron chi connectivity index (χ0n) is 28.7. The highest BCUT2D eigenvalue weighted by Crippen LogP contribution is 2.54. The maximum absolute atomic E-state index is 2.64. The van der Waals surface area contributed by atoms with Gasteiger partial charge in [0.25, 0.3) is 0 Å². The van der Waals surface area contributed by atoms with Crippen molar-refractivity contribution in [1.29, 1.82) is 0 Å². The van der Waals surface area contributed by atoms with E-state index in [2.05, 4.69) is 152 Å². The van der Waals surface area contributed by atoms with Gasteiger partial charge >= 0.3 is 0 Å². The Labute approximate surface area is 274 Å². The Morgan fingerprint density at radius 1 is 0.511 bits per heavy atom. The van der Waals surface area contributed by atoms with Gasteiger partial charge in [0.1, 0.15) is 8.07 Å². The summed E-state index contributed by atoms with van der Waals surface area (Å²) < 4.78 is 0. The predicted molar refractivity (Wildman–Crippen MR) is 200 cm³/mol. The molecule has 0 aromatic heterocycles. The summed E-state index contributed by atoms with van der Waals surface area (Å²) in [6, 6.07) is 32.7. The molecule has 0 saturated heterocycles. The van der Waals surface area contributed by atoms with Crippen LogP contribution in [0.3, 0.4) is 0 Å². The SMILES string of the molecule is CCCC1=C([Si](C)(C)C2=C(CCC)[CH]c3cccc(-c4ccc(C(C)C)cc4)c32)c2c(cccc2-c2ccc(C(C)C)cc2)[CH]1. The van der Waals surface area contributed by atoms with Gasteiger partial charge in [-0.2, -0.15) is 0 Å². The molecular formula is C44H50Si. The molecule has 0 aliphatic heterocycles. The van der Waals surface area contributed by atoms with Crippen molar-refractivity contribution < 1.29 is 0 Å². The molecule has 0 N–H and O–H groups in total. The summed E-state index contributed by atoms with van der Waals surface area (Å²) in [5, 5.41) is 3.30. The van der Waals surface area contributed by atoms with E-state index < -0.39 is 8.07 Å². The van der Waals surface area contributed by atoms with Crippen LogP contribution in [0.4, 0.5) is 0 Å².